The van der Waals surface area contributed by atoms with Crippen LogP contribution in [0.25, 0.3) is 64.6 Å². The van der Waals surface area contributed by atoms with Crippen LogP contribution in [0.15, 0.2) is 109 Å². The lowest BCUT2D eigenvalue weighted by atomic mass is 9.93. The van der Waals surface area contributed by atoms with Gasteiger partial charge in [-0.25, -0.2) is 0 Å². The van der Waals surface area contributed by atoms with Gasteiger partial charge in [-0.3, -0.25) is 0 Å². The zero-order valence-corrected chi connectivity index (χ0v) is 16.4. The van der Waals surface area contributed by atoms with Crippen LogP contribution in [0.2, 0.25) is 0 Å². The first-order valence-electron chi connectivity index (χ1n) is 10.4. The first kappa shape index (κ1) is 16.0. The maximum Gasteiger partial charge on any atom is -0.00987 e. The van der Waals surface area contributed by atoms with E-state index in [-0.39, 0.29) is 0 Å². The summed E-state index contributed by atoms with van der Waals surface area (Å²) < 4.78 is 0. The van der Waals surface area contributed by atoms with E-state index in [2.05, 4.69) is 109 Å². The number of rotatable bonds is 0. The Morgan fingerprint density at radius 1 is 0.233 bits per heavy atom. The van der Waals surface area contributed by atoms with E-state index in [0.717, 1.165) is 0 Å². The van der Waals surface area contributed by atoms with Crippen LogP contribution in [0.5, 0.6) is 0 Å². The normalized spacial score (nSPS) is 12.0. The SMILES string of the molecule is c1ccc2cc3cc4cc5c(ccc6c7ccccc7ccc56)cc4cc3cc2c1. The van der Waals surface area contributed by atoms with Gasteiger partial charge in [0.25, 0.3) is 0 Å². The molecule has 7 aromatic carbocycles. The molecule has 7 aromatic rings. The van der Waals surface area contributed by atoms with E-state index >= 15 is 0 Å². The van der Waals surface area contributed by atoms with Crippen molar-refractivity contribution in [1.82, 2.24) is 0 Å². The Labute approximate surface area is 174 Å². The molecule has 0 heteroatoms. The van der Waals surface area contributed by atoms with E-state index in [1.807, 2.05) is 0 Å². The summed E-state index contributed by atoms with van der Waals surface area (Å²) in [5, 5.41) is 15.7. The van der Waals surface area contributed by atoms with Crippen LogP contribution in [-0.4, -0.2) is 0 Å². The van der Waals surface area contributed by atoms with Crippen LogP contribution < -0.4 is 0 Å². The topological polar surface area (TPSA) is 0 Å². The van der Waals surface area contributed by atoms with Gasteiger partial charge in [0, 0.05) is 0 Å². The maximum absolute atomic E-state index is 2.37. The molecule has 0 radical (unpaired) electrons. The second-order valence-corrected chi connectivity index (χ2v) is 8.27. The summed E-state index contributed by atoms with van der Waals surface area (Å²) in [7, 11) is 0. The molecular weight excluding hydrogens is 360 g/mol. The molecule has 0 aromatic heterocycles. The fraction of sp³-hybridized carbons (Fsp3) is 0. The molecule has 0 bridgehead atoms. The highest BCUT2D eigenvalue weighted by Gasteiger charge is 2.07. The average Bonchev–Trinajstić information content (AvgIpc) is 2.79. The highest BCUT2D eigenvalue weighted by atomic mass is 14.1. The molecule has 0 atom stereocenters. The van der Waals surface area contributed by atoms with Crippen LogP contribution in [0.4, 0.5) is 0 Å². The van der Waals surface area contributed by atoms with Crippen LogP contribution in [0, 0.1) is 0 Å². The zero-order valence-electron chi connectivity index (χ0n) is 16.4. The van der Waals surface area contributed by atoms with Crippen LogP contribution in [0.3, 0.4) is 0 Å². The monoisotopic (exact) mass is 378 g/mol. The Hall–Kier alpha value is -3.90. The van der Waals surface area contributed by atoms with Crippen molar-refractivity contribution < 1.29 is 0 Å². The Balaban J connectivity index is 1.59. The molecule has 138 valence electrons. The minimum absolute atomic E-state index is 1.29. The molecule has 0 aliphatic carbocycles. The third kappa shape index (κ3) is 2.22. The van der Waals surface area contributed by atoms with Gasteiger partial charge in [0.2, 0.25) is 0 Å². The lowest BCUT2D eigenvalue weighted by molar-refractivity contribution is 1.78. The van der Waals surface area contributed by atoms with Gasteiger partial charge in [0.1, 0.15) is 0 Å². The van der Waals surface area contributed by atoms with Crippen molar-refractivity contribution in [2.45, 2.75) is 0 Å². The molecule has 0 spiro atoms. The number of benzene rings is 7. The van der Waals surface area contributed by atoms with Crippen molar-refractivity contribution in [3.05, 3.63) is 109 Å². The fourth-order valence-electron chi connectivity index (χ4n) is 5.02. The molecule has 30 heavy (non-hydrogen) atoms. The Morgan fingerprint density at radius 2 is 0.700 bits per heavy atom. The lowest BCUT2D eigenvalue weighted by Crippen LogP contribution is -1.83. The first-order valence-corrected chi connectivity index (χ1v) is 10.4. The molecule has 0 heterocycles. The highest BCUT2D eigenvalue weighted by molar-refractivity contribution is 6.20. The molecule has 0 unspecified atom stereocenters. The summed E-state index contributed by atoms with van der Waals surface area (Å²) in [5.41, 5.74) is 0. The number of fused-ring (bicyclic) bond motifs is 8. The van der Waals surface area contributed by atoms with Crippen molar-refractivity contribution in [3.8, 4) is 0 Å². The Kier molecular flexibility index (Phi) is 3.09. The van der Waals surface area contributed by atoms with Gasteiger partial charge < -0.3 is 0 Å². The second-order valence-electron chi connectivity index (χ2n) is 8.27. The highest BCUT2D eigenvalue weighted by Crippen LogP contribution is 2.35. The molecule has 0 fully saturated rings. The van der Waals surface area contributed by atoms with Crippen molar-refractivity contribution in [3.63, 3.8) is 0 Å². The van der Waals surface area contributed by atoms with E-state index in [1.54, 1.807) is 0 Å². The smallest absolute Gasteiger partial charge is 0.00987 e. The Bertz CT molecular complexity index is 1780. The molecule has 0 saturated heterocycles. The van der Waals surface area contributed by atoms with Crippen LogP contribution >= 0.6 is 0 Å². The van der Waals surface area contributed by atoms with E-state index in [4.69, 9.17) is 0 Å². The third-order valence-corrected chi connectivity index (χ3v) is 6.52. The molecule has 0 saturated carbocycles. The average molecular weight is 378 g/mol. The molecule has 0 nitrogen and oxygen atoms in total. The van der Waals surface area contributed by atoms with E-state index < -0.39 is 0 Å². The van der Waals surface area contributed by atoms with Gasteiger partial charge in [-0.1, -0.05) is 72.8 Å². The molecule has 0 aliphatic rings. The second kappa shape index (κ2) is 5.81. The van der Waals surface area contributed by atoms with Gasteiger partial charge in [0.15, 0.2) is 0 Å². The van der Waals surface area contributed by atoms with Gasteiger partial charge in [0.05, 0.1) is 0 Å². The minimum Gasteiger partial charge on any atom is -0.0616 e. The third-order valence-electron chi connectivity index (χ3n) is 6.52. The first-order chi connectivity index (χ1) is 14.8. The van der Waals surface area contributed by atoms with E-state index in [1.165, 1.54) is 64.6 Å². The summed E-state index contributed by atoms with van der Waals surface area (Å²) in [4.78, 5) is 0. The summed E-state index contributed by atoms with van der Waals surface area (Å²) in [6, 6.07) is 40.3. The number of hydrogen-bond donors (Lipinski definition) is 0. The summed E-state index contributed by atoms with van der Waals surface area (Å²) >= 11 is 0. The summed E-state index contributed by atoms with van der Waals surface area (Å²) in [6.45, 7) is 0. The zero-order chi connectivity index (χ0) is 19.7. The summed E-state index contributed by atoms with van der Waals surface area (Å²) in [6.07, 6.45) is 0. The van der Waals surface area contributed by atoms with Gasteiger partial charge in [-0.15, -0.1) is 0 Å². The van der Waals surface area contributed by atoms with Crippen molar-refractivity contribution in [2.75, 3.05) is 0 Å². The van der Waals surface area contributed by atoms with Crippen LogP contribution in [0.1, 0.15) is 0 Å². The lowest BCUT2D eigenvalue weighted by Gasteiger charge is -2.10. The largest absolute Gasteiger partial charge is 0.0616 e. The molecular formula is C30H18. The maximum atomic E-state index is 2.37. The predicted octanol–water partition coefficient (Wildman–Crippen LogP) is 8.61. The molecule has 0 amide bonds. The Morgan fingerprint density at radius 3 is 1.40 bits per heavy atom. The van der Waals surface area contributed by atoms with Crippen molar-refractivity contribution in [2.24, 2.45) is 0 Å². The molecule has 7 rings (SSSR count). The van der Waals surface area contributed by atoms with E-state index in [0.29, 0.717) is 0 Å². The number of hydrogen-bond acceptors (Lipinski definition) is 0. The molecule has 0 aliphatic heterocycles. The van der Waals surface area contributed by atoms with Gasteiger partial charge >= 0.3 is 0 Å². The van der Waals surface area contributed by atoms with Crippen molar-refractivity contribution in [1.29, 1.82) is 0 Å². The van der Waals surface area contributed by atoms with Gasteiger partial charge in [-0.05, 0) is 101 Å². The standard InChI is InChI=1S/C30H18/c1-2-7-21-14-24-17-26-18-30-22(15-25(26)16-23(24)13-20(21)6-1)10-12-28-27-8-4-3-5-19(27)9-11-29(28)30/h1-18H. The molecule has 0 N–H and O–H groups in total. The van der Waals surface area contributed by atoms with E-state index in [9.17, 15) is 0 Å². The fourth-order valence-corrected chi connectivity index (χ4v) is 5.02. The van der Waals surface area contributed by atoms with Crippen molar-refractivity contribution >= 4 is 64.6 Å². The predicted molar refractivity (Wildman–Crippen MR) is 131 cm³/mol. The van der Waals surface area contributed by atoms with Gasteiger partial charge in [-0.2, -0.15) is 0 Å². The van der Waals surface area contributed by atoms with Crippen LogP contribution in [-0.2, 0) is 0 Å². The minimum atomic E-state index is 1.29. The summed E-state index contributed by atoms with van der Waals surface area (Å²) in [5.74, 6) is 0. The quantitative estimate of drug-likeness (QED) is 0.183.